The fourth-order valence-corrected chi connectivity index (χ4v) is 1.34. The Hall–Kier alpha value is -2.17. The molecule has 2 aromatic rings. The van der Waals surface area contributed by atoms with E-state index in [1.54, 1.807) is 31.2 Å². The first-order valence-corrected chi connectivity index (χ1v) is 4.80. The highest BCUT2D eigenvalue weighted by Gasteiger charge is 2.24. The van der Waals surface area contributed by atoms with Gasteiger partial charge >= 0.3 is 11.8 Å². The fourth-order valence-electron chi connectivity index (χ4n) is 1.34. The largest absolute Gasteiger partial charge is 0.460 e. The zero-order chi connectivity index (χ0) is 11.5. The van der Waals surface area contributed by atoms with Crippen molar-refractivity contribution in [1.82, 2.24) is 5.16 Å². The van der Waals surface area contributed by atoms with Crippen LogP contribution in [0.5, 0.6) is 0 Å². The van der Waals surface area contributed by atoms with Crippen LogP contribution in [-0.2, 0) is 9.53 Å². The first-order valence-electron chi connectivity index (χ1n) is 4.80. The molecule has 0 aliphatic rings. The monoisotopic (exact) mass is 219 g/mol. The van der Waals surface area contributed by atoms with Crippen molar-refractivity contribution in [3.05, 3.63) is 30.0 Å². The Morgan fingerprint density at radius 2 is 2.12 bits per heavy atom. The van der Waals surface area contributed by atoms with Gasteiger partial charge in [-0.3, -0.25) is 4.79 Å². The number of benzene rings is 1. The van der Waals surface area contributed by atoms with Crippen molar-refractivity contribution in [2.24, 2.45) is 0 Å². The maximum absolute atomic E-state index is 11.6. The van der Waals surface area contributed by atoms with Gasteiger partial charge in [-0.25, -0.2) is 4.79 Å². The number of ether oxygens (including phenoxy) is 1. The molecule has 5 heteroatoms. The maximum Gasteiger partial charge on any atom is 0.383 e. The number of rotatable bonds is 3. The van der Waals surface area contributed by atoms with E-state index in [1.807, 2.05) is 0 Å². The number of carbonyl (C=O) groups is 2. The van der Waals surface area contributed by atoms with Gasteiger partial charge in [-0.15, -0.1) is 0 Å². The lowest BCUT2D eigenvalue weighted by atomic mass is 10.2. The smallest absolute Gasteiger partial charge is 0.383 e. The Bertz CT molecular complexity index is 544. The van der Waals surface area contributed by atoms with Gasteiger partial charge in [0.05, 0.1) is 12.0 Å². The summed E-state index contributed by atoms with van der Waals surface area (Å²) >= 11 is 0. The number of fused-ring (bicyclic) bond motifs is 1. The third kappa shape index (κ3) is 1.67. The number of aromatic nitrogens is 1. The molecule has 16 heavy (non-hydrogen) atoms. The van der Waals surface area contributed by atoms with Crippen molar-refractivity contribution in [1.29, 1.82) is 0 Å². The van der Waals surface area contributed by atoms with E-state index in [9.17, 15) is 9.59 Å². The second-order valence-corrected chi connectivity index (χ2v) is 3.08. The summed E-state index contributed by atoms with van der Waals surface area (Å²) in [5.74, 6) is -1.81. The molecule has 0 amide bonds. The minimum Gasteiger partial charge on any atom is -0.460 e. The molecule has 0 aliphatic heterocycles. The second-order valence-electron chi connectivity index (χ2n) is 3.08. The van der Waals surface area contributed by atoms with Crippen molar-refractivity contribution in [3.8, 4) is 0 Å². The molecule has 5 nitrogen and oxygen atoms in total. The minimum atomic E-state index is -0.926. The van der Waals surface area contributed by atoms with Crippen molar-refractivity contribution < 1.29 is 18.8 Å². The molecule has 82 valence electrons. The molecule has 1 heterocycles. The Kier molecular flexibility index (Phi) is 2.68. The van der Waals surface area contributed by atoms with E-state index in [1.165, 1.54) is 0 Å². The van der Waals surface area contributed by atoms with Crippen molar-refractivity contribution in [2.45, 2.75) is 6.92 Å². The molecule has 0 saturated heterocycles. The van der Waals surface area contributed by atoms with Gasteiger partial charge in [0.15, 0.2) is 0 Å². The molecule has 2 rings (SSSR count). The molecule has 0 radical (unpaired) electrons. The van der Waals surface area contributed by atoms with Crippen LogP contribution in [-0.4, -0.2) is 23.5 Å². The van der Waals surface area contributed by atoms with Gasteiger partial charge in [0.1, 0.15) is 5.52 Å². The van der Waals surface area contributed by atoms with Crippen LogP contribution < -0.4 is 0 Å². The Balaban J connectivity index is 2.40. The molecule has 1 aromatic heterocycles. The minimum absolute atomic E-state index is 0.0750. The molecule has 0 spiro atoms. The van der Waals surface area contributed by atoms with Gasteiger partial charge in [0, 0.05) is 0 Å². The molecular formula is C11H9NO4. The van der Waals surface area contributed by atoms with Crippen molar-refractivity contribution >= 4 is 22.7 Å². The number of hydrogen-bond acceptors (Lipinski definition) is 5. The second kappa shape index (κ2) is 4.14. The lowest BCUT2D eigenvalue weighted by molar-refractivity contribution is -0.137. The third-order valence-electron chi connectivity index (χ3n) is 2.05. The Morgan fingerprint density at radius 3 is 2.88 bits per heavy atom. The Morgan fingerprint density at radius 1 is 1.38 bits per heavy atom. The molecule has 0 unspecified atom stereocenters. The summed E-state index contributed by atoms with van der Waals surface area (Å²) in [6.45, 7) is 1.78. The van der Waals surface area contributed by atoms with E-state index in [2.05, 4.69) is 9.89 Å². The van der Waals surface area contributed by atoms with Crippen LogP contribution in [0.15, 0.2) is 28.8 Å². The van der Waals surface area contributed by atoms with Crippen LogP contribution in [0.25, 0.3) is 10.9 Å². The highest BCUT2D eigenvalue weighted by molar-refractivity contribution is 6.41. The average molecular weight is 219 g/mol. The molecule has 0 aliphatic carbocycles. The highest BCUT2D eigenvalue weighted by Crippen LogP contribution is 2.18. The molecule has 0 fully saturated rings. The number of carbonyl (C=O) groups excluding carboxylic acids is 2. The van der Waals surface area contributed by atoms with E-state index in [0.29, 0.717) is 10.9 Å². The summed E-state index contributed by atoms with van der Waals surface area (Å²) in [4.78, 5) is 22.8. The maximum atomic E-state index is 11.6. The van der Waals surface area contributed by atoms with Gasteiger partial charge in [0.25, 0.3) is 0 Å². The van der Waals surface area contributed by atoms with Crippen LogP contribution in [0.2, 0.25) is 0 Å². The number of hydrogen-bond donors (Lipinski definition) is 0. The number of Topliss-reactive ketones (excluding diaryl/α,β-unsaturated/α-hetero) is 1. The SMILES string of the molecule is CCOC(=O)C(=O)c1onc2ccccc12. The lowest BCUT2D eigenvalue weighted by Crippen LogP contribution is -2.17. The van der Waals surface area contributed by atoms with Crippen LogP contribution >= 0.6 is 0 Å². The summed E-state index contributed by atoms with van der Waals surface area (Å²) in [6, 6.07) is 6.87. The lowest BCUT2D eigenvalue weighted by Gasteiger charge is -1.97. The van der Waals surface area contributed by atoms with Gasteiger partial charge in [0.2, 0.25) is 5.76 Å². The zero-order valence-corrected chi connectivity index (χ0v) is 8.60. The van der Waals surface area contributed by atoms with E-state index < -0.39 is 11.8 Å². The standard InChI is InChI=1S/C11H9NO4/c1-2-15-11(14)9(13)10-7-5-3-4-6-8(7)12-16-10/h3-6H,2H2,1H3. The van der Waals surface area contributed by atoms with Gasteiger partial charge < -0.3 is 9.26 Å². The van der Waals surface area contributed by atoms with E-state index >= 15 is 0 Å². The van der Waals surface area contributed by atoms with Gasteiger partial charge in [-0.05, 0) is 19.1 Å². The van der Waals surface area contributed by atoms with Crippen LogP contribution in [0.4, 0.5) is 0 Å². The summed E-state index contributed by atoms with van der Waals surface area (Å²) < 4.78 is 9.44. The fraction of sp³-hybridized carbons (Fsp3) is 0.182. The molecule has 1 aromatic carbocycles. The van der Waals surface area contributed by atoms with Crippen LogP contribution in [0, 0.1) is 0 Å². The number of esters is 1. The normalized spacial score (nSPS) is 10.3. The highest BCUT2D eigenvalue weighted by atomic mass is 16.5. The van der Waals surface area contributed by atoms with E-state index in [4.69, 9.17) is 4.52 Å². The predicted octanol–water partition coefficient (Wildman–Crippen LogP) is 1.57. The molecular weight excluding hydrogens is 210 g/mol. The summed E-state index contributed by atoms with van der Waals surface area (Å²) in [5, 5.41) is 4.19. The van der Waals surface area contributed by atoms with Crippen molar-refractivity contribution in [3.63, 3.8) is 0 Å². The topological polar surface area (TPSA) is 69.4 Å². The van der Waals surface area contributed by atoms with Crippen LogP contribution in [0.3, 0.4) is 0 Å². The summed E-state index contributed by atoms with van der Waals surface area (Å²) in [7, 11) is 0. The zero-order valence-electron chi connectivity index (χ0n) is 8.60. The van der Waals surface area contributed by atoms with E-state index in [-0.39, 0.29) is 12.4 Å². The van der Waals surface area contributed by atoms with Crippen molar-refractivity contribution in [2.75, 3.05) is 6.61 Å². The number of nitrogens with zero attached hydrogens (tertiary/aromatic N) is 1. The number of ketones is 1. The third-order valence-corrected chi connectivity index (χ3v) is 2.05. The molecule has 0 N–H and O–H groups in total. The molecule has 0 bridgehead atoms. The summed E-state index contributed by atoms with van der Waals surface area (Å²) in [6.07, 6.45) is 0. The quantitative estimate of drug-likeness (QED) is 0.445. The van der Waals surface area contributed by atoms with Gasteiger partial charge in [-0.2, -0.15) is 0 Å². The van der Waals surface area contributed by atoms with Gasteiger partial charge in [-0.1, -0.05) is 17.3 Å². The first-order chi connectivity index (χ1) is 7.74. The molecule has 0 saturated carbocycles. The summed E-state index contributed by atoms with van der Waals surface area (Å²) in [5.41, 5.74) is 0.537. The van der Waals surface area contributed by atoms with E-state index in [0.717, 1.165) is 0 Å². The predicted molar refractivity (Wildman–Crippen MR) is 55.0 cm³/mol. The Labute approximate surface area is 91.0 Å². The average Bonchev–Trinajstić information content (AvgIpc) is 2.72. The first kappa shape index (κ1) is 10.4. The molecule has 0 atom stereocenters. The van der Waals surface area contributed by atoms with Crippen LogP contribution in [0.1, 0.15) is 17.5 Å².